The van der Waals surface area contributed by atoms with Gasteiger partial charge < -0.3 is 10.1 Å². The van der Waals surface area contributed by atoms with Gasteiger partial charge in [0.25, 0.3) is 5.91 Å². The van der Waals surface area contributed by atoms with Gasteiger partial charge in [-0.25, -0.2) is 10.2 Å². The number of benzene rings is 1. The van der Waals surface area contributed by atoms with Crippen LogP contribution in [0.25, 0.3) is 0 Å². The Morgan fingerprint density at radius 1 is 1.26 bits per heavy atom. The minimum absolute atomic E-state index is 0.284. The summed E-state index contributed by atoms with van der Waals surface area (Å²) in [4.78, 5) is 25.9. The molecule has 1 heterocycles. The summed E-state index contributed by atoms with van der Waals surface area (Å²) in [5, 5.41) is 2.64. The van der Waals surface area contributed by atoms with Crippen molar-refractivity contribution < 1.29 is 14.3 Å². The number of hydrogen-bond donors (Lipinski definition) is 3. The lowest BCUT2D eigenvalue weighted by Gasteiger charge is -2.16. The molecule has 27 heavy (non-hydrogen) atoms. The molecule has 1 atom stereocenters. The molecule has 3 N–H and O–H groups in total. The van der Waals surface area contributed by atoms with E-state index in [0.717, 1.165) is 24.2 Å². The Morgan fingerprint density at radius 3 is 2.93 bits per heavy atom. The number of nitrogens with one attached hydrogen (secondary N) is 3. The lowest BCUT2D eigenvalue weighted by Crippen LogP contribution is -2.47. The molecule has 3 amide bonds. The van der Waals surface area contributed by atoms with Crippen molar-refractivity contribution in [3.63, 3.8) is 0 Å². The van der Waals surface area contributed by atoms with Crippen molar-refractivity contribution in [2.24, 2.45) is 5.92 Å². The summed E-state index contributed by atoms with van der Waals surface area (Å²) in [5.41, 5.74) is 7.21. The number of fused-ring (bicyclic) bond motifs is 1. The molecule has 0 spiro atoms. The molecule has 1 unspecified atom stereocenters. The van der Waals surface area contributed by atoms with Gasteiger partial charge in [-0.3, -0.25) is 10.2 Å². The molecule has 7 heteroatoms. The monoisotopic (exact) mass is 387 g/mol. The fraction of sp³-hybridized carbons (Fsp3) is 0.400. The van der Waals surface area contributed by atoms with Gasteiger partial charge in [0.2, 0.25) is 0 Å². The molecule has 0 aliphatic heterocycles. The van der Waals surface area contributed by atoms with Gasteiger partial charge >= 0.3 is 6.03 Å². The van der Waals surface area contributed by atoms with Gasteiger partial charge in [0, 0.05) is 4.88 Å². The third-order valence-corrected chi connectivity index (χ3v) is 5.72. The Labute approximate surface area is 163 Å². The zero-order valence-corrected chi connectivity index (χ0v) is 16.4. The molecule has 1 aromatic heterocycles. The fourth-order valence-corrected chi connectivity index (χ4v) is 4.18. The van der Waals surface area contributed by atoms with Crippen LogP contribution in [0, 0.1) is 12.8 Å². The summed E-state index contributed by atoms with van der Waals surface area (Å²) in [7, 11) is 0. The van der Waals surface area contributed by atoms with Gasteiger partial charge in [0.15, 0.2) is 0 Å². The number of hydrogen-bond acceptors (Lipinski definition) is 4. The van der Waals surface area contributed by atoms with Gasteiger partial charge in [0.1, 0.15) is 12.4 Å². The van der Waals surface area contributed by atoms with Crippen molar-refractivity contribution >= 4 is 23.3 Å². The Kier molecular flexibility index (Phi) is 6.34. The quantitative estimate of drug-likeness (QED) is 0.544. The van der Waals surface area contributed by atoms with Crippen LogP contribution >= 0.6 is 11.3 Å². The van der Waals surface area contributed by atoms with E-state index in [1.165, 1.54) is 28.2 Å². The van der Waals surface area contributed by atoms with Gasteiger partial charge in [-0.2, -0.15) is 0 Å². The lowest BCUT2D eigenvalue weighted by molar-refractivity contribution is 0.0940. The van der Waals surface area contributed by atoms with Crippen molar-refractivity contribution in [1.82, 2.24) is 16.2 Å². The molecule has 144 valence electrons. The first-order valence-corrected chi connectivity index (χ1v) is 9.98. The minimum Gasteiger partial charge on any atom is -0.492 e. The van der Waals surface area contributed by atoms with E-state index in [1.807, 2.05) is 37.3 Å². The maximum absolute atomic E-state index is 12.2. The van der Waals surface area contributed by atoms with Crippen molar-refractivity contribution in [2.75, 3.05) is 13.2 Å². The first kappa shape index (κ1) is 19.2. The molecule has 3 rings (SSSR count). The molecule has 0 saturated carbocycles. The third kappa shape index (κ3) is 5.47. The number of carbonyl (C=O) groups is 2. The number of urea groups is 1. The van der Waals surface area contributed by atoms with Crippen LogP contribution in [0.5, 0.6) is 5.75 Å². The van der Waals surface area contributed by atoms with Gasteiger partial charge in [0.05, 0.1) is 11.4 Å². The maximum atomic E-state index is 12.2. The van der Waals surface area contributed by atoms with Gasteiger partial charge in [-0.15, -0.1) is 11.3 Å². The standard InChI is InChI=1S/C20H25N3O3S/c1-13-4-3-5-16(11-13)26-9-8-21-20(25)23-22-19(24)18-12-15-10-14(2)6-7-17(15)27-18/h3-5,11-12,14H,6-10H2,1-2H3,(H,22,24)(H2,21,23,25). The largest absolute Gasteiger partial charge is 0.492 e. The summed E-state index contributed by atoms with van der Waals surface area (Å²) in [6.07, 6.45) is 3.22. The predicted molar refractivity (Wildman–Crippen MR) is 106 cm³/mol. The number of thiophene rings is 1. The Morgan fingerprint density at radius 2 is 2.11 bits per heavy atom. The number of hydrazine groups is 1. The number of amides is 3. The average molecular weight is 388 g/mol. The number of rotatable bonds is 5. The van der Waals surface area contributed by atoms with E-state index in [9.17, 15) is 9.59 Å². The fourth-order valence-electron chi connectivity index (χ4n) is 3.08. The molecular formula is C20H25N3O3S. The van der Waals surface area contributed by atoms with Crippen LogP contribution in [0.4, 0.5) is 4.79 Å². The molecule has 1 aromatic carbocycles. The lowest BCUT2D eigenvalue weighted by atomic mass is 9.90. The van der Waals surface area contributed by atoms with Crippen LogP contribution in [-0.4, -0.2) is 25.1 Å². The van der Waals surface area contributed by atoms with Crippen molar-refractivity contribution in [3.8, 4) is 5.75 Å². The smallest absolute Gasteiger partial charge is 0.333 e. The topological polar surface area (TPSA) is 79.5 Å². The van der Waals surface area contributed by atoms with E-state index in [0.29, 0.717) is 23.9 Å². The number of aryl methyl sites for hydroxylation is 2. The molecule has 1 aliphatic rings. The third-order valence-electron chi connectivity index (χ3n) is 4.49. The van der Waals surface area contributed by atoms with Crippen LogP contribution in [0.2, 0.25) is 0 Å². The van der Waals surface area contributed by atoms with Crippen LogP contribution in [0.3, 0.4) is 0 Å². The molecule has 0 saturated heterocycles. The summed E-state index contributed by atoms with van der Waals surface area (Å²) in [6, 6.07) is 9.19. The van der Waals surface area contributed by atoms with E-state index in [4.69, 9.17) is 4.74 Å². The van der Waals surface area contributed by atoms with E-state index < -0.39 is 6.03 Å². The highest BCUT2D eigenvalue weighted by Gasteiger charge is 2.20. The SMILES string of the molecule is Cc1cccc(OCCNC(=O)NNC(=O)c2cc3c(s2)CCC(C)C3)c1. The second-order valence-electron chi connectivity index (χ2n) is 6.91. The molecule has 1 aliphatic carbocycles. The van der Waals surface area contributed by atoms with E-state index in [2.05, 4.69) is 23.1 Å². The molecule has 0 radical (unpaired) electrons. The van der Waals surface area contributed by atoms with Gasteiger partial charge in [-0.1, -0.05) is 19.1 Å². The Balaban J connectivity index is 1.37. The van der Waals surface area contributed by atoms with E-state index >= 15 is 0 Å². The normalized spacial score (nSPS) is 15.6. The van der Waals surface area contributed by atoms with Crippen molar-refractivity contribution in [2.45, 2.75) is 33.1 Å². The average Bonchev–Trinajstić information content (AvgIpc) is 3.06. The Bertz CT molecular complexity index is 819. The predicted octanol–water partition coefficient (Wildman–Crippen LogP) is 3.20. The highest BCUT2D eigenvalue weighted by Crippen LogP contribution is 2.32. The molecular weight excluding hydrogens is 362 g/mol. The van der Waals surface area contributed by atoms with Crippen LogP contribution in [-0.2, 0) is 12.8 Å². The molecule has 0 bridgehead atoms. The van der Waals surface area contributed by atoms with Crippen molar-refractivity contribution in [3.05, 3.63) is 51.2 Å². The zero-order chi connectivity index (χ0) is 19.2. The molecule has 0 fully saturated rings. The van der Waals surface area contributed by atoms with E-state index in [-0.39, 0.29) is 5.91 Å². The highest BCUT2D eigenvalue weighted by molar-refractivity contribution is 7.14. The van der Waals surface area contributed by atoms with Crippen molar-refractivity contribution in [1.29, 1.82) is 0 Å². The van der Waals surface area contributed by atoms with Crippen LogP contribution in [0.1, 0.15) is 39.0 Å². The minimum atomic E-state index is -0.467. The summed E-state index contributed by atoms with van der Waals surface area (Å²) in [6.45, 7) is 4.90. The van der Waals surface area contributed by atoms with E-state index in [1.54, 1.807) is 0 Å². The first-order valence-electron chi connectivity index (χ1n) is 9.16. The zero-order valence-electron chi connectivity index (χ0n) is 15.6. The molecule has 6 nitrogen and oxygen atoms in total. The number of ether oxygens (including phenoxy) is 1. The summed E-state index contributed by atoms with van der Waals surface area (Å²) in [5.74, 6) is 1.14. The van der Waals surface area contributed by atoms with Crippen LogP contribution < -0.4 is 20.9 Å². The molecule has 2 aromatic rings. The number of carbonyl (C=O) groups excluding carboxylic acids is 2. The van der Waals surface area contributed by atoms with Gasteiger partial charge in [-0.05, 0) is 61.4 Å². The highest BCUT2D eigenvalue weighted by atomic mass is 32.1. The Hall–Kier alpha value is -2.54. The maximum Gasteiger partial charge on any atom is 0.333 e. The summed E-state index contributed by atoms with van der Waals surface area (Å²) >= 11 is 1.51. The van der Waals surface area contributed by atoms with Crippen LogP contribution in [0.15, 0.2) is 30.3 Å². The second-order valence-corrected chi connectivity index (χ2v) is 8.04. The second kappa shape index (κ2) is 8.90. The first-order chi connectivity index (χ1) is 13.0. The summed E-state index contributed by atoms with van der Waals surface area (Å²) < 4.78 is 5.56.